The van der Waals surface area contributed by atoms with Crippen LogP contribution in [-0.2, 0) is 22.7 Å². The van der Waals surface area contributed by atoms with Crippen molar-refractivity contribution in [2.75, 3.05) is 20.2 Å². The maximum Gasteiger partial charge on any atom is 0.419 e. The van der Waals surface area contributed by atoms with Crippen LogP contribution >= 0.6 is 0 Å². The van der Waals surface area contributed by atoms with Gasteiger partial charge in [-0.2, -0.15) is 0 Å². The molecule has 4 rings (SSSR count). The number of nitrogens with zero attached hydrogens (tertiary/aromatic N) is 4. The second-order valence-electron chi connectivity index (χ2n) is 7.60. The molecule has 0 unspecified atom stereocenters. The van der Waals surface area contributed by atoms with Gasteiger partial charge in [0.25, 0.3) is 0 Å². The summed E-state index contributed by atoms with van der Waals surface area (Å²) >= 11 is 0. The van der Waals surface area contributed by atoms with E-state index in [4.69, 9.17) is 9.15 Å². The van der Waals surface area contributed by atoms with Crippen LogP contribution in [0.15, 0.2) is 45.7 Å². The number of methoxy groups -OCH3 is 1. The first-order valence-electron chi connectivity index (χ1n) is 10.3. The monoisotopic (exact) mass is 410 g/mol. The average molecular weight is 410 g/mol. The molecular formula is C22H26N4O4. The van der Waals surface area contributed by atoms with E-state index < -0.39 is 0 Å². The van der Waals surface area contributed by atoms with Gasteiger partial charge >= 0.3 is 5.76 Å². The summed E-state index contributed by atoms with van der Waals surface area (Å²) in [5, 5.41) is 0. The average Bonchev–Trinajstić information content (AvgIpc) is 3.09. The minimum absolute atomic E-state index is 0.117. The SMILES string of the molecule is COCc1nccc([C@@H]2CCCN(C(=O)CCCn3c(=O)oc4ccccc43)C2)n1. The normalized spacial score (nSPS) is 16.8. The standard InChI is InChI=1S/C22H26N4O4/c1-29-15-20-23-11-10-17(24-20)16-6-4-12-25(14-16)21(27)9-5-13-26-18-7-2-3-8-19(18)30-22(26)28/h2-3,7-8,10-11,16H,4-6,9,12-15H2,1H3/t16-/m1/s1. The van der Waals surface area contributed by atoms with Crippen molar-refractivity contribution in [2.45, 2.75) is 44.8 Å². The molecule has 1 aromatic carbocycles. The van der Waals surface area contributed by atoms with Gasteiger partial charge in [0.05, 0.1) is 5.52 Å². The lowest BCUT2D eigenvalue weighted by molar-refractivity contribution is -0.132. The Bertz CT molecular complexity index is 1070. The molecule has 3 heterocycles. The second kappa shape index (κ2) is 9.21. The molecule has 8 heteroatoms. The Balaban J connectivity index is 1.35. The number of rotatable bonds is 7. The lowest BCUT2D eigenvalue weighted by Gasteiger charge is -2.32. The van der Waals surface area contributed by atoms with Crippen molar-refractivity contribution < 1.29 is 13.9 Å². The van der Waals surface area contributed by atoms with E-state index in [9.17, 15) is 9.59 Å². The van der Waals surface area contributed by atoms with Gasteiger partial charge in [0.1, 0.15) is 6.61 Å². The van der Waals surface area contributed by atoms with Crippen molar-refractivity contribution in [3.05, 3.63) is 58.6 Å². The third kappa shape index (κ3) is 4.43. The highest BCUT2D eigenvalue weighted by molar-refractivity contribution is 5.76. The number of carbonyl (C=O) groups excluding carboxylic acids is 1. The highest BCUT2D eigenvalue weighted by Gasteiger charge is 2.25. The quantitative estimate of drug-likeness (QED) is 0.595. The van der Waals surface area contributed by atoms with Gasteiger partial charge in [-0.25, -0.2) is 14.8 Å². The van der Waals surface area contributed by atoms with Crippen LogP contribution in [0.3, 0.4) is 0 Å². The molecule has 1 saturated heterocycles. The molecule has 158 valence electrons. The highest BCUT2D eigenvalue weighted by Crippen LogP contribution is 2.26. The summed E-state index contributed by atoms with van der Waals surface area (Å²) in [6.07, 6.45) is 4.70. The number of ether oxygens (including phenoxy) is 1. The molecule has 30 heavy (non-hydrogen) atoms. The van der Waals surface area contributed by atoms with Crippen LogP contribution in [-0.4, -0.2) is 45.5 Å². The summed E-state index contributed by atoms with van der Waals surface area (Å²) in [5.41, 5.74) is 2.31. The third-order valence-corrected chi connectivity index (χ3v) is 5.54. The fourth-order valence-electron chi connectivity index (χ4n) is 4.06. The van der Waals surface area contributed by atoms with Crippen molar-refractivity contribution in [1.29, 1.82) is 0 Å². The van der Waals surface area contributed by atoms with Crippen molar-refractivity contribution in [1.82, 2.24) is 19.4 Å². The van der Waals surface area contributed by atoms with E-state index >= 15 is 0 Å². The number of hydrogen-bond donors (Lipinski definition) is 0. The van der Waals surface area contributed by atoms with Gasteiger partial charge in [-0.05, 0) is 37.5 Å². The zero-order valence-electron chi connectivity index (χ0n) is 17.1. The largest absolute Gasteiger partial charge is 0.419 e. The molecule has 0 aliphatic carbocycles. The summed E-state index contributed by atoms with van der Waals surface area (Å²) < 4.78 is 12.0. The van der Waals surface area contributed by atoms with E-state index in [0.717, 1.165) is 30.6 Å². The number of para-hydroxylation sites is 2. The topological polar surface area (TPSA) is 90.5 Å². The molecule has 2 aromatic heterocycles. The fourth-order valence-corrected chi connectivity index (χ4v) is 4.06. The molecular weight excluding hydrogens is 384 g/mol. The smallest absolute Gasteiger partial charge is 0.408 e. The second-order valence-corrected chi connectivity index (χ2v) is 7.60. The summed E-state index contributed by atoms with van der Waals surface area (Å²) in [6, 6.07) is 9.27. The molecule has 0 radical (unpaired) electrons. The van der Waals surface area contributed by atoms with Crippen LogP contribution < -0.4 is 5.76 Å². The Kier molecular flexibility index (Phi) is 6.23. The number of carbonyl (C=O) groups is 1. The molecule has 0 N–H and O–H groups in total. The fraction of sp³-hybridized carbons (Fsp3) is 0.455. The number of piperidine rings is 1. The number of fused-ring (bicyclic) bond motifs is 1. The van der Waals surface area contributed by atoms with E-state index in [1.54, 1.807) is 23.9 Å². The van der Waals surface area contributed by atoms with Crippen LogP contribution in [0.2, 0.25) is 0 Å². The lowest BCUT2D eigenvalue weighted by atomic mass is 9.94. The maximum atomic E-state index is 12.8. The van der Waals surface area contributed by atoms with Gasteiger partial charge in [0.2, 0.25) is 5.91 Å². The van der Waals surface area contributed by atoms with Gasteiger partial charge in [-0.1, -0.05) is 12.1 Å². The molecule has 1 atom stereocenters. The Labute approximate surface area is 174 Å². The van der Waals surface area contributed by atoms with Crippen LogP contribution in [0, 0.1) is 0 Å². The molecule has 1 amide bonds. The van der Waals surface area contributed by atoms with E-state index in [0.29, 0.717) is 43.9 Å². The van der Waals surface area contributed by atoms with Crippen molar-refractivity contribution in [2.24, 2.45) is 0 Å². The van der Waals surface area contributed by atoms with Crippen LogP contribution in [0.4, 0.5) is 0 Å². The Morgan fingerprint density at radius 3 is 3.03 bits per heavy atom. The number of aryl methyl sites for hydroxylation is 1. The first-order chi connectivity index (χ1) is 14.7. The van der Waals surface area contributed by atoms with E-state index in [1.807, 2.05) is 29.2 Å². The van der Waals surface area contributed by atoms with Gasteiger partial charge in [0.15, 0.2) is 11.4 Å². The number of likely N-dealkylation sites (tertiary alicyclic amines) is 1. The van der Waals surface area contributed by atoms with Gasteiger partial charge < -0.3 is 14.1 Å². The summed E-state index contributed by atoms with van der Waals surface area (Å²) in [5.74, 6) is 0.613. The van der Waals surface area contributed by atoms with Gasteiger partial charge in [0, 0.05) is 51.0 Å². The van der Waals surface area contributed by atoms with Crippen LogP contribution in [0.1, 0.15) is 43.1 Å². The summed E-state index contributed by atoms with van der Waals surface area (Å²) in [4.78, 5) is 35.6. The Morgan fingerprint density at radius 1 is 1.30 bits per heavy atom. The molecule has 3 aromatic rings. The third-order valence-electron chi connectivity index (χ3n) is 5.54. The Morgan fingerprint density at radius 2 is 2.17 bits per heavy atom. The van der Waals surface area contributed by atoms with E-state index in [-0.39, 0.29) is 17.6 Å². The number of amides is 1. The van der Waals surface area contributed by atoms with Crippen molar-refractivity contribution >= 4 is 17.0 Å². The van der Waals surface area contributed by atoms with E-state index in [1.165, 1.54) is 0 Å². The van der Waals surface area contributed by atoms with E-state index in [2.05, 4.69) is 9.97 Å². The molecule has 0 bridgehead atoms. The molecule has 1 aliphatic heterocycles. The molecule has 0 spiro atoms. The first-order valence-corrected chi connectivity index (χ1v) is 10.3. The molecule has 0 saturated carbocycles. The predicted octanol–water partition coefficient (Wildman–Crippen LogP) is 2.72. The zero-order valence-corrected chi connectivity index (χ0v) is 17.1. The zero-order chi connectivity index (χ0) is 20.9. The summed E-state index contributed by atoms with van der Waals surface area (Å²) in [6.45, 7) is 2.27. The highest BCUT2D eigenvalue weighted by atomic mass is 16.5. The van der Waals surface area contributed by atoms with Gasteiger partial charge in [-0.15, -0.1) is 0 Å². The first kappa shape index (κ1) is 20.3. The Hall–Kier alpha value is -3.00. The molecule has 1 aliphatic rings. The van der Waals surface area contributed by atoms with Crippen molar-refractivity contribution in [3.8, 4) is 0 Å². The predicted molar refractivity (Wildman–Crippen MR) is 111 cm³/mol. The number of hydrogen-bond acceptors (Lipinski definition) is 6. The maximum absolute atomic E-state index is 12.8. The van der Waals surface area contributed by atoms with Crippen LogP contribution in [0.25, 0.3) is 11.1 Å². The molecule has 8 nitrogen and oxygen atoms in total. The number of aromatic nitrogens is 3. The lowest BCUT2D eigenvalue weighted by Crippen LogP contribution is -2.39. The minimum Gasteiger partial charge on any atom is -0.408 e. The van der Waals surface area contributed by atoms with Crippen molar-refractivity contribution in [3.63, 3.8) is 0 Å². The van der Waals surface area contributed by atoms with Crippen LogP contribution in [0.5, 0.6) is 0 Å². The van der Waals surface area contributed by atoms with Gasteiger partial charge in [-0.3, -0.25) is 9.36 Å². The minimum atomic E-state index is -0.377. The number of oxazole rings is 1. The molecule has 1 fully saturated rings. The number of benzene rings is 1. The summed E-state index contributed by atoms with van der Waals surface area (Å²) in [7, 11) is 1.62.